The number of hydrogen-bond acceptors (Lipinski definition) is 6. The summed E-state index contributed by atoms with van der Waals surface area (Å²) < 4.78 is 0. The molecular formula is C19H12ClN3O2S2. The van der Waals surface area contributed by atoms with E-state index in [0.717, 1.165) is 32.5 Å². The largest absolute Gasteiger partial charge is 0.269 e. The van der Waals surface area contributed by atoms with Crippen molar-refractivity contribution >= 4 is 40.0 Å². The topological polar surface area (TPSA) is 68.9 Å². The Balaban J connectivity index is 1.49. The number of nitro benzene ring substituents is 1. The van der Waals surface area contributed by atoms with Crippen LogP contribution in [0.3, 0.4) is 0 Å². The third kappa shape index (κ3) is 4.05. The van der Waals surface area contributed by atoms with Crippen molar-refractivity contribution in [2.24, 2.45) is 0 Å². The van der Waals surface area contributed by atoms with Crippen molar-refractivity contribution in [2.45, 2.75) is 6.42 Å². The first-order valence-electron chi connectivity index (χ1n) is 7.98. The number of benzene rings is 2. The van der Waals surface area contributed by atoms with Gasteiger partial charge in [0.15, 0.2) is 0 Å². The Morgan fingerprint density at radius 2 is 1.33 bits per heavy atom. The third-order valence-corrected chi connectivity index (χ3v) is 5.87. The average molecular weight is 414 g/mol. The van der Waals surface area contributed by atoms with Crippen LogP contribution in [0.4, 0.5) is 5.69 Å². The lowest BCUT2D eigenvalue weighted by atomic mass is 10.1. The molecule has 2 aromatic carbocycles. The highest BCUT2D eigenvalue weighted by atomic mass is 35.5. The van der Waals surface area contributed by atoms with Gasteiger partial charge in [0, 0.05) is 39.0 Å². The molecule has 134 valence electrons. The van der Waals surface area contributed by atoms with Crippen LogP contribution in [0.5, 0.6) is 0 Å². The number of aromatic nitrogens is 2. The lowest BCUT2D eigenvalue weighted by molar-refractivity contribution is -0.384. The summed E-state index contributed by atoms with van der Waals surface area (Å²) in [4.78, 5) is 19.7. The molecule has 4 aromatic rings. The van der Waals surface area contributed by atoms with E-state index in [0.29, 0.717) is 11.4 Å². The van der Waals surface area contributed by atoms with Crippen LogP contribution in [0.1, 0.15) is 10.0 Å². The fourth-order valence-electron chi connectivity index (χ4n) is 2.55. The highest BCUT2D eigenvalue weighted by molar-refractivity contribution is 7.11. The van der Waals surface area contributed by atoms with Crippen LogP contribution >= 0.6 is 34.3 Å². The number of rotatable bonds is 5. The number of nitro groups is 1. The molecule has 0 aliphatic rings. The number of non-ortho nitro benzene ring substituents is 1. The second kappa shape index (κ2) is 7.56. The summed E-state index contributed by atoms with van der Waals surface area (Å²) in [5.41, 5.74) is 3.72. The second-order valence-electron chi connectivity index (χ2n) is 5.74. The van der Waals surface area contributed by atoms with E-state index in [2.05, 4.69) is 9.97 Å². The van der Waals surface area contributed by atoms with Crippen molar-refractivity contribution < 1.29 is 4.92 Å². The van der Waals surface area contributed by atoms with Gasteiger partial charge in [0.25, 0.3) is 5.69 Å². The molecule has 0 saturated carbocycles. The van der Waals surface area contributed by atoms with E-state index >= 15 is 0 Å². The molecule has 8 heteroatoms. The molecular weight excluding hydrogens is 402 g/mol. The van der Waals surface area contributed by atoms with Gasteiger partial charge < -0.3 is 0 Å². The van der Waals surface area contributed by atoms with Crippen molar-refractivity contribution in [3.8, 4) is 22.5 Å². The zero-order valence-corrected chi connectivity index (χ0v) is 16.2. The maximum atomic E-state index is 10.8. The van der Waals surface area contributed by atoms with E-state index in [-0.39, 0.29) is 5.69 Å². The summed E-state index contributed by atoms with van der Waals surface area (Å²) in [7, 11) is 0. The third-order valence-electron chi connectivity index (χ3n) is 3.92. The van der Waals surface area contributed by atoms with E-state index in [1.807, 2.05) is 35.0 Å². The lowest BCUT2D eigenvalue weighted by Crippen LogP contribution is -1.89. The molecule has 0 N–H and O–H groups in total. The van der Waals surface area contributed by atoms with Crippen LogP contribution in [0.2, 0.25) is 5.02 Å². The second-order valence-corrected chi connectivity index (χ2v) is 8.06. The summed E-state index contributed by atoms with van der Waals surface area (Å²) in [5.74, 6) is 0. The number of thiazole rings is 2. The van der Waals surface area contributed by atoms with Crippen LogP contribution in [0, 0.1) is 10.1 Å². The molecule has 2 aromatic heterocycles. The first kappa shape index (κ1) is 17.8. The predicted molar refractivity (Wildman–Crippen MR) is 110 cm³/mol. The monoisotopic (exact) mass is 413 g/mol. The maximum Gasteiger partial charge on any atom is 0.269 e. The van der Waals surface area contributed by atoms with E-state index < -0.39 is 4.92 Å². The van der Waals surface area contributed by atoms with Crippen molar-refractivity contribution in [3.05, 3.63) is 84.4 Å². The van der Waals surface area contributed by atoms with Crippen LogP contribution in [0.15, 0.2) is 59.3 Å². The number of hydrogen-bond donors (Lipinski definition) is 0. The first-order chi connectivity index (χ1) is 13.1. The maximum absolute atomic E-state index is 10.8. The molecule has 27 heavy (non-hydrogen) atoms. The lowest BCUT2D eigenvalue weighted by Gasteiger charge is -1.97. The van der Waals surface area contributed by atoms with Crippen LogP contribution in [0.25, 0.3) is 22.5 Å². The van der Waals surface area contributed by atoms with Gasteiger partial charge in [-0.2, -0.15) is 0 Å². The fourth-order valence-corrected chi connectivity index (χ4v) is 4.39. The summed E-state index contributed by atoms with van der Waals surface area (Å²) in [6.45, 7) is 0. The molecule has 0 fully saturated rings. The predicted octanol–water partition coefficient (Wildman–Crippen LogP) is 6.09. The van der Waals surface area contributed by atoms with Crippen LogP contribution in [-0.2, 0) is 6.42 Å². The molecule has 0 amide bonds. The van der Waals surface area contributed by atoms with Crippen LogP contribution < -0.4 is 0 Å². The van der Waals surface area contributed by atoms with Crippen molar-refractivity contribution in [1.29, 1.82) is 0 Å². The summed E-state index contributed by atoms with van der Waals surface area (Å²) >= 11 is 9.09. The molecule has 5 nitrogen and oxygen atoms in total. The van der Waals surface area contributed by atoms with Crippen LogP contribution in [-0.4, -0.2) is 14.9 Å². The Morgan fingerprint density at radius 3 is 1.81 bits per heavy atom. The van der Waals surface area contributed by atoms with Crippen molar-refractivity contribution in [3.63, 3.8) is 0 Å². The highest BCUT2D eigenvalue weighted by Crippen LogP contribution is 2.28. The zero-order chi connectivity index (χ0) is 18.8. The van der Waals surface area contributed by atoms with Crippen molar-refractivity contribution in [1.82, 2.24) is 9.97 Å². The molecule has 2 heterocycles. The molecule has 0 aliphatic heterocycles. The Morgan fingerprint density at radius 1 is 0.852 bits per heavy atom. The number of halogens is 1. The fraction of sp³-hybridized carbons (Fsp3) is 0.0526. The minimum absolute atomic E-state index is 0.0757. The SMILES string of the molecule is O=[N+]([O-])c1ccc(-c2csc(Cc3nc(-c4ccc(Cl)cc4)cs3)n2)cc1. The summed E-state index contributed by atoms with van der Waals surface area (Å²) in [6.07, 6.45) is 0.663. The Kier molecular flexibility index (Phi) is 4.98. The Labute approximate surface area is 168 Å². The normalized spacial score (nSPS) is 10.9. The minimum Gasteiger partial charge on any atom is -0.258 e. The average Bonchev–Trinajstić information content (AvgIpc) is 3.33. The first-order valence-corrected chi connectivity index (χ1v) is 10.1. The van der Waals surface area contributed by atoms with Crippen molar-refractivity contribution in [2.75, 3.05) is 0 Å². The standard InChI is InChI=1S/C19H12ClN3O2S2/c20-14-5-1-12(2-6-14)16-10-26-18(21-16)9-19-22-17(11-27-19)13-3-7-15(8-4-13)23(24)25/h1-8,10-11H,9H2. The van der Waals surface area contributed by atoms with Gasteiger partial charge in [-0.3, -0.25) is 10.1 Å². The van der Waals surface area contributed by atoms with Gasteiger partial charge in [-0.05, 0) is 24.3 Å². The highest BCUT2D eigenvalue weighted by Gasteiger charge is 2.11. The number of nitrogens with zero attached hydrogens (tertiary/aromatic N) is 3. The van der Waals surface area contributed by atoms with Gasteiger partial charge in [0.1, 0.15) is 10.0 Å². The van der Waals surface area contributed by atoms with Gasteiger partial charge in [-0.25, -0.2) is 9.97 Å². The Hall–Kier alpha value is -2.61. The molecule has 0 atom stereocenters. The molecule has 0 aliphatic carbocycles. The quantitative estimate of drug-likeness (QED) is 0.293. The van der Waals surface area contributed by atoms with Gasteiger partial charge in [0.05, 0.1) is 22.7 Å². The molecule has 0 saturated heterocycles. The molecule has 0 unspecified atom stereocenters. The van der Waals surface area contributed by atoms with E-state index in [1.165, 1.54) is 12.1 Å². The molecule has 0 spiro atoms. The van der Waals surface area contributed by atoms with E-state index in [9.17, 15) is 10.1 Å². The van der Waals surface area contributed by atoms with Gasteiger partial charge in [-0.1, -0.05) is 23.7 Å². The van der Waals surface area contributed by atoms with E-state index in [4.69, 9.17) is 11.6 Å². The zero-order valence-electron chi connectivity index (χ0n) is 13.8. The molecule has 0 bridgehead atoms. The van der Waals surface area contributed by atoms with Gasteiger partial charge >= 0.3 is 0 Å². The van der Waals surface area contributed by atoms with Gasteiger partial charge in [0.2, 0.25) is 0 Å². The van der Waals surface area contributed by atoms with E-state index in [1.54, 1.807) is 34.8 Å². The summed E-state index contributed by atoms with van der Waals surface area (Å²) in [5, 5.41) is 17.4. The minimum atomic E-state index is -0.406. The Bertz CT molecular complexity index is 1090. The smallest absolute Gasteiger partial charge is 0.258 e. The molecule has 0 radical (unpaired) electrons. The molecule has 4 rings (SSSR count). The van der Waals surface area contributed by atoms with Gasteiger partial charge in [-0.15, -0.1) is 22.7 Å². The summed E-state index contributed by atoms with van der Waals surface area (Å²) in [6, 6.07) is 14.0.